The monoisotopic (exact) mass is 303 g/mol. The average Bonchev–Trinajstić information content (AvgIpc) is 2.85. The lowest BCUT2D eigenvalue weighted by atomic mass is 10.1. The van der Waals surface area contributed by atoms with E-state index in [2.05, 4.69) is 41.5 Å². The van der Waals surface area contributed by atoms with Gasteiger partial charge in [0, 0.05) is 16.9 Å². The SMILES string of the molecule is CCc1ccc(-c2nc(NC(=O)CCCN)sc2C)cc1. The number of nitrogens with two attached hydrogens (primary N) is 1. The largest absolute Gasteiger partial charge is 0.330 e. The molecule has 0 spiro atoms. The predicted molar refractivity (Wildman–Crippen MR) is 88.6 cm³/mol. The number of hydrogen-bond donors (Lipinski definition) is 2. The minimum atomic E-state index is -0.0259. The van der Waals surface area contributed by atoms with Crippen LogP contribution < -0.4 is 11.1 Å². The minimum absolute atomic E-state index is 0.0259. The van der Waals surface area contributed by atoms with Gasteiger partial charge in [0.25, 0.3) is 0 Å². The number of carbonyl (C=O) groups excluding carboxylic acids is 1. The molecule has 0 aliphatic rings. The fraction of sp³-hybridized carbons (Fsp3) is 0.375. The maximum atomic E-state index is 11.7. The van der Waals surface area contributed by atoms with Crippen molar-refractivity contribution in [2.24, 2.45) is 5.73 Å². The Bertz CT molecular complexity index is 604. The Kier molecular flexibility index (Phi) is 5.47. The molecule has 1 amide bonds. The topological polar surface area (TPSA) is 68.0 Å². The summed E-state index contributed by atoms with van der Waals surface area (Å²) in [6.45, 7) is 4.69. The highest BCUT2D eigenvalue weighted by Gasteiger charge is 2.11. The van der Waals surface area contributed by atoms with Crippen molar-refractivity contribution in [3.05, 3.63) is 34.7 Å². The van der Waals surface area contributed by atoms with E-state index in [9.17, 15) is 4.79 Å². The molecule has 1 heterocycles. The Morgan fingerprint density at radius 2 is 2.05 bits per heavy atom. The highest BCUT2D eigenvalue weighted by Crippen LogP contribution is 2.30. The molecule has 4 nitrogen and oxygen atoms in total. The van der Waals surface area contributed by atoms with Crippen molar-refractivity contribution in [2.75, 3.05) is 11.9 Å². The zero-order valence-electron chi connectivity index (χ0n) is 12.5. The molecule has 1 aromatic heterocycles. The van der Waals surface area contributed by atoms with E-state index < -0.39 is 0 Å². The van der Waals surface area contributed by atoms with Crippen LogP contribution in [0.3, 0.4) is 0 Å². The van der Waals surface area contributed by atoms with Gasteiger partial charge in [-0.15, -0.1) is 11.3 Å². The molecule has 21 heavy (non-hydrogen) atoms. The molecular formula is C16H21N3OS. The standard InChI is InChI=1S/C16H21N3OS/c1-3-12-6-8-13(9-7-12)15-11(2)21-16(19-15)18-14(20)5-4-10-17/h6-9H,3-5,10,17H2,1-2H3,(H,18,19,20). The number of anilines is 1. The summed E-state index contributed by atoms with van der Waals surface area (Å²) in [5.41, 5.74) is 8.74. The van der Waals surface area contributed by atoms with Gasteiger partial charge in [-0.25, -0.2) is 4.98 Å². The molecule has 3 N–H and O–H groups in total. The number of hydrogen-bond acceptors (Lipinski definition) is 4. The first-order valence-corrected chi connectivity index (χ1v) is 8.02. The zero-order chi connectivity index (χ0) is 15.2. The molecule has 112 valence electrons. The van der Waals surface area contributed by atoms with Gasteiger partial charge in [0.15, 0.2) is 5.13 Å². The molecular weight excluding hydrogens is 282 g/mol. The number of amides is 1. The average molecular weight is 303 g/mol. The highest BCUT2D eigenvalue weighted by molar-refractivity contribution is 7.16. The van der Waals surface area contributed by atoms with E-state index in [1.807, 2.05) is 6.92 Å². The minimum Gasteiger partial charge on any atom is -0.330 e. The number of nitrogens with zero attached hydrogens (tertiary/aromatic N) is 1. The summed E-state index contributed by atoms with van der Waals surface area (Å²) in [5.74, 6) is -0.0259. The van der Waals surface area contributed by atoms with Crippen molar-refractivity contribution < 1.29 is 4.79 Å². The third-order valence-corrected chi connectivity index (χ3v) is 4.17. The number of carbonyl (C=O) groups is 1. The summed E-state index contributed by atoms with van der Waals surface area (Å²) in [4.78, 5) is 17.4. The van der Waals surface area contributed by atoms with Gasteiger partial charge in [0.1, 0.15) is 0 Å². The lowest BCUT2D eigenvalue weighted by Crippen LogP contribution is -2.13. The van der Waals surface area contributed by atoms with Crippen molar-refractivity contribution in [3.8, 4) is 11.3 Å². The first kappa shape index (κ1) is 15.7. The van der Waals surface area contributed by atoms with Crippen molar-refractivity contribution >= 4 is 22.4 Å². The Morgan fingerprint density at radius 1 is 1.33 bits per heavy atom. The van der Waals surface area contributed by atoms with Gasteiger partial charge in [-0.1, -0.05) is 31.2 Å². The second-order valence-corrected chi connectivity index (χ2v) is 6.12. The van der Waals surface area contributed by atoms with Gasteiger partial charge >= 0.3 is 0 Å². The lowest BCUT2D eigenvalue weighted by molar-refractivity contribution is -0.116. The summed E-state index contributed by atoms with van der Waals surface area (Å²) in [6, 6.07) is 8.41. The Hall–Kier alpha value is -1.72. The lowest BCUT2D eigenvalue weighted by Gasteiger charge is -2.01. The Labute approximate surface area is 129 Å². The quantitative estimate of drug-likeness (QED) is 0.860. The third-order valence-electron chi connectivity index (χ3n) is 3.29. The first-order valence-electron chi connectivity index (χ1n) is 7.20. The van der Waals surface area contributed by atoms with E-state index in [4.69, 9.17) is 5.73 Å². The van der Waals surface area contributed by atoms with Crippen molar-refractivity contribution in [2.45, 2.75) is 33.1 Å². The molecule has 0 atom stereocenters. The smallest absolute Gasteiger partial charge is 0.226 e. The number of thiazole rings is 1. The van der Waals surface area contributed by atoms with Crippen LogP contribution in [0, 0.1) is 6.92 Å². The van der Waals surface area contributed by atoms with E-state index >= 15 is 0 Å². The molecule has 0 fully saturated rings. The normalized spacial score (nSPS) is 10.6. The van der Waals surface area contributed by atoms with Crippen LogP contribution in [0.15, 0.2) is 24.3 Å². The molecule has 2 aromatic rings. The van der Waals surface area contributed by atoms with Gasteiger partial charge in [-0.05, 0) is 31.9 Å². The zero-order valence-corrected chi connectivity index (χ0v) is 13.3. The van der Waals surface area contributed by atoms with Gasteiger partial charge in [0.05, 0.1) is 5.69 Å². The third kappa shape index (κ3) is 4.12. The molecule has 0 saturated carbocycles. The van der Waals surface area contributed by atoms with Gasteiger partial charge in [-0.3, -0.25) is 4.79 Å². The summed E-state index contributed by atoms with van der Waals surface area (Å²) in [6.07, 6.45) is 2.16. The highest BCUT2D eigenvalue weighted by atomic mass is 32.1. The number of nitrogens with one attached hydrogen (secondary N) is 1. The number of rotatable bonds is 6. The molecule has 2 rings (SSSR count). The van der Waals surface area contributed by atoms with Crippen molar-refractivity contribution in [1.82, 2.24) is 4.98 Å². The molecule has 0 radical (unpaired) electrons. The Morgan fingerprint density at radius 3 is 2.67 bits per heavy atom. The molecule has 0 unspecified atom stereocenters. The van der Waals surface area contributed by atoms with Crippen molar-refractivity contribution in [3.63, 3.8) is 0 Å². The molecule has 0 aliphatic carbocycles. The number of aryl methyl sites for hydroxylation is 2. The maximum Gasteiger partial charge on any atom is 0.226 e. The van der Waals surface area contributed by atoms with E-state index in [1.165, 1.54) is 16.9 Å². The molecule has 0 bridgehead atoms. The summed E-state index contributed by atoms with van der Waals surface area (Å²) < 4.78 is 0. The van der Waals surface area contributed by atoms with Gasteiger partial charge in [-0.2, -0.15) is 0 Å². The van der Waals surface area contributed by atoms with E-state index in [-0.39, 0.29) is 5.91 Å². The van der Waals surface area contributed by atoms with Gasteiger partial charge < -0.3 is 11.1 Å². The molecule has 0 aliphatic heterocycles. The van der Waals surface area contributed by atoms with Crippen LogP contribution in [0.2, 0.25) is 0 Å². The second-order valence-electron chi connectivity index (χ2n) is 4.91. The first-order chi connectivity index (χ1) is 10.1. The van der Waals surface area contributed by atoms with E-state index in [1.54, 1.807) is 0 Å². The van der Waals surface area contributed by atoms with E-state index in [0.717, 1.165) is 22.6 Å². The number of aromatic nitrogens is 1. The number of benzene rings is 1. The van der Waals surface area contributed by atoms with Crippen LogP contribution in [0.5, 0.6) is 0 Å². The van der Waals surface area contributed by atoms with Crippen LogP contribution in [0.25, 0.3) is 11.3 Å². The molecule has 1 aromatic carbocycles. The van der Waals surface area contributed by atoms with Crippen LogP contribution in [0.1, 0.15) is 30.2 Å². The van der Waals surface area contributed by atoms with Crippen LogP contribution in [0.4, 0.5) is 5.13 Å². The maximum absolute atomic E-state index is 11.7. The van der Waals surface area contributed by atoms with E-state index in [0.29, 0.717) is 24.5 Å². The molecule has 0 saturated heterocycles. The second kappa shape index (κ2) is 7.33. The van der Waals surface area contributed by atoms with Crippen LogP contribution in [-0.2, 0) is 11.2 Å². The predicted octanol–water partition coefficient (Wildman–Crippen LogP) is 3.36. The Balaban J connectivity index is 2.12. The van der Waals surface area contributed by atoms with Crippen molar-refractivity contribution in [1.29, 1.82) is 0 Å². The fourth-order valence-electron chi connectivity index (χ4n) is 2.06. The molecule has 5 heteroatoms. The summed E-state index contributed by atoms with van der Waals surface area (Å²) >= 11 is 1.51. The summed E-state index contributed by atoms with van der Waals surface area (Å²) in [7, 11) is 0. The van der Waals surface area contributed by atoms with Crippen LogP contribution in [-0.4, -0.2) is 17.4 Å². The van der Waals surface area contributed by atoms with Crippen LogP contribution >= 0.6 is 11.3 Å². The fourth-order valence-corrected chi connectivity index (χ4v) is 2.91. The summed E-state index contributed by atoms with van der Waals surface area (Å²) in [5, 5.41) is 3.50. The van der Waals surface area contributed by atoms with Gasteiger partial charge in [0.2, 0.25) is 5.91 Å².